The second kappa shape index (κ2) is 8.10. The maximum Gasteiger partial charge on any atom is 0.272 e. The van der Waals surface area contributed by atoms with Crippen molar-refractivity contribution >= 4 is 28.5 Å². The number of piperidine rings is 1. The van der Waals surface area contributed by atoms with Crippen LogP contribution in [0.15, 0.2) is 12.1 Å². The van der Waals surface area contributed by atoms with Crippen LogP contribution >= 0.6 is 22.6 Å². The first-order chi connectivity index (χ1) is 10.5. The molecule has 1 aromatic rings. The molecule has 1 aliphatic rings. The summed E-state index contributed by atoms with van der Waals surface area (Å²) in [6, 6.07) is 3.52. The van der Waals surface area contributed by atoms with Gasteiger partial charge in [0.05, 0.1) is 13.2 Å². The van der Waals surface area contributed by atoms with Crippen molar-refractivity contribution in [3.63, 3.8) is 0 Å². The minimum atomic E-state index is -0.0112. The largest absolute Gasteiger partial charge is 0.494 e. The van der Waals surface area contributed by atoms with Crippen molar-refractivity contribution in [3.8, 4) is 5.75 Å². The van der Waals surface area contributed by atoms with E-state index >= 15 is 0 Å². The zero-order valence-corrected chi connectivity index (χ0v) is 15.5. The third-order valence-corrected chi connectivity index (χ3v) is 4.42. The van der Waals surface area contributed by atoms with E-state index in [0.29, 0.717) is 21.1 Å². The van der Waals surface area contributed by atoms with E-state index in [0.717, 1.165) is 32.5 Å². The first-order valence-electron chi connectivity index (χ1n) is 7.62. The summed E-state index contributed by atoms with van der Waals surface area (Å²) in [6.07, 6.45) is 2.06. The zero-order chi connectivity index (χ0) is 16.1. The molecule has 0 aliphatic carbocycles. The highest BCUT2D eigenvalue weighted by Gasteiger charge is 2.25. The van der Waals surface area contributed by atoms with Crippen LogP contribution in [0.2, 0.25) is 0 Å². The van der Waals surface area contributed by atoms with Gasteiger partial charge in [-0.15, -0.1) is 0 Å². The molecule has 1 amide bonds. The lowest BCUT2D eigenvalue weighted by Crippen LogP contribution is -2.41. The Hall–Kier alpha value is -0.890. The third kappa shape index (κ3) is 4.55. The quantitative estimate of drug-likeness (QED) is 0.545. The van der Waals surface area contributed by atoms with Gasteiger partial charge in [0, 0.05) is 19.7 Å². The molecule has 0 aromatic carbocycles. The Bertz CT molecular complexity index is 514. The van der Waals surface area contributed by atoms with E-state index in [9.17, 15) is 4.79 Å². The number of likely N-dealkylation sites (tertiary alicyclic amines) is 1. The normalized spacial score (nSPS) is 16.1. The number of amides is 1. The van der Waals surface area contributed by atoms with E-state index in [1.165, 1.54) is 0 Å². The number of methoxy groups -OCH3 is 1. The Morgan fingerprint density at radius 2 is 2.09 bits per heavy atom. The number of pyridine rings is 1. The van der Waals surface area contributed by atoms with E-state index in [1.54, 1.807) is 19.2 Å². The Kier molecular flexibility index (Phi) is 6.43. The Morgan fingerprint density at radius 1 is 1.41 bits per heavy atom. The van der Waals surface area contributed by atoms with Crippen LogP contribution < -0.4 is 4.74 Å². The van der Waals surface area contributed by atoms with Crippen LogP contribution in [0.25, 0.3) is 0 Å². The van der Waals surface area contributed by atoms with Gasteiger partial charge in [0.25, 0.3) is 5.91 Å². The predicted octanol–water partition coefficient (Wildman–Crippen LogP) is 2.97. The number of rotatable bonds is 5. The second-order valence-corrected chi connectivity index (χ2v) is 6.93. The summed E-state index contributed by atoms with van der Waals surface area (Å²) in [5, 5.41) is 0. The van der Waals surface area contributed by atoms with Crippen LogP contribution in [0.4, 0.5) is 0 Å². The fourth-order valence-electron chi connectivity index (χ4n) is 2.41. The van der Waals surface area contributed by atoms with E-state index in [1.807, 2.05) is 4.90 Å². The summed E-state index contributed by atoms with van der Waals surface area (Å²) >= 11 is 2.08. The van der Waals surface area contributed by atoms with Gasteiger partial charge in [-0.1, -0.05) is 13.8 Å². The SMILES string of the molecule is COc1ccc(C(=O)N2CCC(OCC(C)C)CC2)nc1I. The molecule has 122 valence electrons. The lowest BCUT2D eigenvalue weighted by atomic mass is 10.1. The van der Waals surface area contributed by atoms with E-state index in [-0.39, 0.29) is 12.0 Å². The molecule has 1 fully saturated rings. The Balaban J connectivity index is 1.91. The highest BCUT2D eigenvalue weighted by Crippen LogP contribution is 2.21. The van der Waals surface area contributed by atoms with Crippen molar-refractivity contribution in [2.45, 2.75) is 32.8 Å². The average molecular weight is 418 g/mol. The van der Waals surface area contributed by atoms with Gasteiger partial charge in [-0.05, 0) is 53.5 Å². The number of nitrogens with zero attached hydrogens (tertiary/aromatic N) is 2. The number of halogens is 1. The van der Waals surface area contributed by atoms with Crippen LogP contribution in [0.1, 0.15) is 37.2 Å². The van der Waals surface area contributed by atoms with Crippen LogP contribution in [0.3, 0.4) is 0 Å². The molecule has 0 unspecified atom stereocenters. The lowest BCUT2D eigenvalue weighted by molar-refractivity contribution is -0.00243. The maximum atomic E-state index is 12.5. The minimum absolute atomic E-state index is 0.0112. The maximum absolute atomic E-state index is 12.5. The summed E-state index contributed by atoms with van der Waals surface area (Å²) in [5.41, 5.74) is 0.478. The average Bonchev–Trinajstić information content (AvgIpc) is 2.52. The summed E-state index contributed by atoms with van der Waals surface area (Å²) in [6.45, 7) is 6.54. The molecule has 0 bridgehead atoms. The van der Waals surface area contributed by atoms with Crippen molar-refractivity contribution in [1.29, 1.82) is 0 Å². The van der Waals surface area contributed by atoms with E-state index in [4.69, 9.17) is 9.47 Å². The summed E-state index contributed by atoms with van der Waals surface area (Å²) in [7, 11) is 1.60. The fourth-order valence-corrected chi connectivity index (χ4v) is 3.07. The minimum Gasteiger partial charge on any atom is -0.494 e. The highest BCUT2D eigenvalue weighted by atomic mass is 127. The van der Waals surface area contributed by atoms with E-state index < -0.39 is 0 Å². The molecule has 0 radical (unpaired) electrons. The molecule has 1 aromatic heterocycles. The van der Waals surface area contributed by atoms with Crippen molar-refractivity contribution in [2.75, 3.05) is 26.8 Å². The molecule has 0 atom stereocenters. The fraction of sp³-hybridized carbons (Fsp3) is 0.625. The van der Waals surface area contributed by atoms with Gasteiger partial charge < -0.3 is 14.4 Å². The third-order valence-electron chi connectivity index (χ3n) is 3.65. The van der Waals surface area contributed by atoms with Crippen LogP contribution in [-0.4, -0.2) is 48.7 Å². The van der Waals surface area contributed by atoms with Gasteiger partial charge in [-0.3, -0.25) is 4.79 Å². The molecule has 5 nitrogen and oxygen atoms in total. The Morgan fingerprint density at radius 3 is 2.64 bits per heavy atom. The summed E-state index contributed by atoms with van der Waals surface area (Å²) < 4.78 is 11.7. The predicted molar refractivity (Wildman–Crippen MR) is 93.2 cm³/mol. The number of hydrogen-bond acceptors (Lipinski definition) is 4. The molecule has 2 rings (SSSR count). The summed E-state index contributed by atoms with van der Waals surface area (Å²) in [4.78, 5) is 18.7. The summed E-state index contributed by atoms with van der Waals surface area (Å²) in [5.74, 6) is 1.23. The van der Waals surface area contributed by atoms with Crippen LogP contribution in [0.5, 0.6) is 5.75 Å². The molecule has 22 heavy (non-hydrogen) atoms. The van der Waals surface area contributed by atoms with Crippen LogP contribution in [0, 0.1) is 9.62 Å². The molecule has 1 aliphatic heterocycles. The van der Waals surface area contributed by atoms with Crippen LogP contribution in [-0.2, 0) is 4.74 Å². The second-order valence-electron chi connectivity index (χ2n) is 5.91. The van der Waals surface area contributed by atoms with Gasteiger partial charge in [0.2, 0.25) is 0 Å². The van der Waals surface area contributed by atoms with Crippen molar-refractivity contribution in [3.05, 3.63) is 21.5 Å². The first kappa shape index (κ1) is 17.5. The molecule has 0 N–H and O–H groups in total. The molecule has 1 saturated heterocycles. The number of carbonyl (C=O) groups excluding carboxylic acids is 1. The van der Waals surface area contributed by atoms with Crippen molar-refractivity contribution in [1.82, 2.24) is 9.88 Å². The molecular formula is C16H23IN2O3. The molecular weight excluding hydrogens is 395 g/mol. The molecule has 6 heteroatoms. The van der Waals surface area contributed by atoms with Gasteiger partial charge in [-0.2, -0.15) is 0 Å². The zero-order valence-electron chi connectivity index (χ0n) is 13.3. The standard InChI is InChI=1S/C16H23IN2O3/c1-11(2)10-22-12-6-8-19(9-7-12)16(20)13-4-5-14(21-3)15(17)18-13/h4-5,11-12H,6-10H2,1-3H3. The number of ether oxygens (including phenoxy) is 2. The topological polar surface area (TPSA) is 51.7 Å². The van der Waals surface area contributed by atoms with Gasteiger partial charge in [0.15, 0.2) is 5.75 Å². The molecule has 2 heterocycles. The highest BCUT2D eigenvalue weighted by molar-refractivity contribution is 14.1. The Labute approximate surface area is 145 Å². The number of carbonyl (C=O) groups is 1. The van der Waals surface area contributed by atoms with E-state index in [2.05, 4.69) is 41.4 Å². The van der Waals surface area contributed by atoms with Gasteiger partial charge in [-0.25, -0.2) is 4.98 Å². The lowest BCUT2D eigenvalue weighted by Gasteiger charge is -2.32. The van der Waals surface area contributed by atoms with Crippen molar-refractivity contribution < 1.29 is 14.3 Å². The number of aromatic nitrogens is 1. The van der Waals surface area contributed by atoms with Gasteiger partial charge in [0.1, 0.15) is 9.39 Å². The van der Waals surface area contributed by atoms with Gasteiger partial charge >= 0.3 is 0 Å². The number of hydrogen-bond donors (Lipinski definition) is 0. The van der Waals surface area contributed by atoms with Crippen molar-refractivity contribution in [2.24, 2.45) is 5.92 Å². The monoisotopic (exact) mass is 418 g/mol. The molecule has 0 saturated carbocycles. The first-order valence-corrected chi connectivity index (χ1v) is 8.70. The smallest absolute Gasteiger partial charge is 0.272 e. The molecule has 0 spiro atoms.